The van der Waals surface area contributed by atoms with Crippen molar-refractivity contribution < 1.29 is 14.7 Å². The number of carbonyl (C=O) groups excluding carboxylic acids is 2. The molecule has 2 rings (SSSR count). The summed E-state index contributed by atoms with van der Waals surface area (Å²) in [7, 11) is 0. The molecule has 5 heteroatoms. The molecule has 24 heavy (non-hydrogen) atoms. The van der Waals surface area contributed by atoms with Crippen LogP contribution in [0.2, 0.25) is 0 Å². The van der Waals surface area contributed by atoms with Crippen LogP contribution in [0, 0.1) is 13.8 Å². The third-order valence-corrected chi connectivity index (χ3v) is 3.72. The summed E-state index contributed by atoms with van der Waals surface area (Å²) < 4.78 is 0. The molecule has 0 aliphatic heterocycles. The van der Waals surface area contributed by atoms with Crippen molar-refractivity contribution in [2.45, 2.75) is 26.4 Å². The van der Waals surface area contributed by atoms with E-state index in [9.17, 15) is 14.7 Å². The van der Waals surface area contributed by atoms with E-state index in [1.54, 1.807) is 6.07 Å². The largest absolute Gasteiger partial charge is 0.388 e. The number of carbonyl (C=O) groups is 2. The van der Waals surface area contributed by atoms with E-state index in [1.165, 1.54) is 0 Å². The Balaban J connectivity index is 1.80. The molecule has 2 amide bonds. The van der Waals surface area contributed by atoms with E-state index in [1.807, 2.05) is 56.3 Å². The molecular formula is C19H22N2O3. The molecule has 3 N–H and O–H groups in total. The van der Waals surface area contributed by atoms with Gasteiger partial charge in [0.15, 0.2) is 0 Å². The highest BCUT2D eigenvalue weighted by Gasteiger charge is 2.15. The van der Waals surface area contributed by atoms with E-state index in [4.69, 9.17) is 0 Å². The quantitative estimate of drug-likeness (QED) is 0.739. The van der Waals surface area contributed by atoms with Crippen LogP contribution in [0.15, 0.2) is 48.5 Å². The first kappa shape index (κ1) is 17.7. The molecule has 0 bridgehead atoms. The van der Waals surface area contributed by atoms with Crippen LogP contribution in [-0.2, 0) is 9.59 Å². The lowest BCUT2D eigenvalue weighted by Crippen LogP contribution is -2.36. The zero-order valence-electron chi connectivity index (χ0n) is 13.9. The minimum absolute atomic E-state index is 0.217. The summed E-state index contributed by atoms with van der Waals surface area (Å²) >= 11 is 0. The Morgan fingerprint density at radius 2 is 1.75 bits per heavy atom. The number of hydrogen-bond donors (Lipinski definition) is 3. The fraction of sp³-hybridized carbons (Fsp3) is 0.263. The van der Waals surface area contributed by atoms with Gasteiger partial charge in [-0.3, -0.25) is 9.59 Å². The average molecular weight is 326 g/mol. The third kappa shape index (κ3) is 4.93. The molecule has 0 saturated carbocycles. The van der Waals surface area contributed by atoms with Gasteiger partial charge in [-0.15, -0.1) is 0 Å². The van der Waals surface area contributed by atoms with E-state index in [2.05, 4.69) is 10.6 Å². The number of aryl methyl sites for hydroxylation is 2. The number of hydrogen-bond acceptors (Lipinski definition) is 3. The maximum absolute atomic E-state index is 11.9. The zero-order chi connectivity index (χ0) is 17.5. The molecule has 0 fully saturated rings. The molecule has 1 unspecified atom stereocenters. The second-order valence-corrected chi connectivity index (χ2v) is 5.74. The Hall–Kier alpha value is -2.66. The molecule has 5 nitrogen and oxygen atoms in total. The first-order chi connectivity index (χ1) is 11.5. The van der Waals surface area contributed by atoms with Gasteiger partial charge in [0.05, 0.1) is 6.10 Å². The van der Waals surface area contributed by atoms with Gasteiger partial charge in [-0.05, 0) is 37.5 Å². The van der Waals surface area contributed by atoms with E-state index >= 15 is 0 Å². The first-order valence-electron chi connectivity index (χ1n) is 7.87. The van der Waals surface area contributed by atoms with Crippen molar-refractivity contribution >= 4 is 17.5 Å². The SMILES string of the molecule is Cc1ccc(NC(=O)C(=O)NCCC(O)c2ccccc2)c(C)c1. The third-order valence-electron chi connectivity index (χ3n) is 3.72. The number of aliphatic hydroxyl groups is 1. The second-order valence-electron chi connectivity index (χ2n) is 5.74. The summed E-state index contributed by atoms with van der Waals surface area (Å²) in [4.78, 5) is 23.7. The average Bonchev–Trinajstić information content (AvgIpc) is 2.57. The molecule has 0 aliphatic rings. The summed E-state index contributed by atoms with van der Waals surface area (Å²) in [6, 6.07) is 14.8. The van der Waals surface area contributed by atoms with Crippen LogP contribution < -0.4 is 10.6 Å². The van der Waals surface area contributed by atoms with Gasteiger partial charge < -0.3 is 15.7 Å². The Bertz CT molecular complexity index is 714. The predicted molar refractivity (Wildman–Crippen MR) is 93.6 cm³/mol. The van der Waals surface area contributed by atoms with E-state index < -0.39 is 17.9 Å². The summed E-state index contributed by atoms with van der Waals surface area (Å²) in [5, 5.41) is 15.1. The number of amides is 2. The lowest BCUT2D eigenvalue weighted by molar-refractivity contribution is -0.136. The van der Waals surface area contributed by atoms with E-state index in [-0.39, 0.29) is 6.54 Å². The minimum Gasteiger partial charge on any atom is -0.388 e. The van der Waals surface area contributed by atoms with Gasteiger partial charge in [-0.2, -0.15) is 0 Å². The van der Waals surface area contributed by atoms with Crippen molar-refractivity contribution in [3.8, 4) is 0 Å². The molecule has 2 aromatic rings. The van der Waals surface area contributed by atoms with Crippen molar-refractivity contribution in [1.29, 1.82) is 0 Å². The first-order valence-corrected chi connectivity index (χ1v) is 7.87. The normalized spacial score (nSPS) is 11.6. The van der Waals surface area contributed by atoms with Crippen molar-refractivity contribution in [3.05, 3.63) is 65.2 Å². The molecule has 126 valence electrons. The van der Waals surface area contributed by atoms with Crippen LogP contribution in [0.1, 0.15) is 29.2 Å². The Labute approximate surface area is 141 Å². The Morgan fingerprint density at radius 3 is 2.42 bits per heavy atom. The van der Waals surface area contributed by atoms with Gasteiger partial charge >= 0.3 is 11.8 Å². The monoisotopic (exact) mass is 326 g/mol. The summed E-state index contributed by atoms with van der Waals surface area (Å²) in [6.45, 7) is 4.05. The van der Waals surface area contributed by atoms with Crippen molar-refractivity contribution in [1.82, 2.24) is 5.32 Å². The highest BCUT2D eigenvalue weighted by molar-refractivity contribution is 6.39. The minimum atomic E-state index is -0.713. The number of anilines is 1. The van der Waals surface area contributed by atoms with Gasteiger partial charge in [-0.1, -0.05) is 48.0 Å². The molecule has 1 atom stereocenters. The van der Waals surface area contributed by atoms with Gasteiger partial charge in [0.1, 0.15) is 0 Å². The Morgan fingerprint density at radius 1 is 1.04 bits per heavy atom. The molecule has 0 saturated heterocycles. The van der Waals surface area contributed by atoms with Crippen LogP contribution >= 0.6 is 0 Å². The lowest BCUT2D eigenvalue weighted by atomic mass is 10.1. The second kappa shape index (κ2) is 8.26. The highest BCUT2D eigenvalue weighted by atomic mass is 16.3. The van der Waals surface area contributed by atoms with Crippen molar-refractivity contribution in [2.24, 2.45) is 0 Å². The van der Waals surface area contributed by atoms with Crippen LogP contribution in [0.3, 0.4) is 0 Å². The lowest BCUT2D eigenvalue weighted by Gasteiger charge is -2.12. The van der Waals surface area contributed by atoms with E-state index in [0.717, 1.165) is 16.7 Å². The van der Waals surface area contributed by atoms with Crippen molar-refractivity contribution in [3.63, 3.8) is 0 Å². The number of nitrogens with one attached hydrogen (secondary N) is 2. The van der Waals surface area contributed by atoms with Gasteiger partial charge in [0.2, 0.25) is 0 Å². The molecule has 0 aliphatic carbocycles. The number of benzene rings is 2. The summed E-state index contributed by atoms with van der Waals surface area (Å²) in [5.74, 6) is -1.42. The van der Waals surface area contributed by atoms with Crippen LogP contribution in [0.4, 0.5) is 5.69 Å². The molecular weight excluding hydrogens is 304 g/mol. The highest BCUT2D eigenvalue weighted by Crippen LogP contribution is 2.16. The smallest absolute Gasteiger partial charge is 0.313 e. The maximum Gasteiger partial charge on any atom is 0.313 e. The maximum atomic E-state index is 11.9. The molecule has 0 heterocycles. The van der Waals surface area contributed by atoms with Gasteiger partial charge in [0.25, 0.3) is 0 Å². The molecule has 2 aromatic carbocycles. The zero-order valence-corrected chi connectivity index (χ0v) is 13.9. The summed E-state index contributed by atoms with van der Waals surface area (Å²) in [5.41, 5.74) is 3.39. The van der Waals surface area contributed by atoms with Crippen LogP contribution in [-0.4, -0.2) is 23.5 Å². The van der Waals surface area contributed by atoms with E-state index in [0.29, 0.717) is 12.1 Å². The Kier molecular flexibility index (Phi) is 6.09. The molecule has 0 radical (unpaired) electrons. The fourth-order valence-corrected chi connectivity index (χ4v) is 2.38. The van der Waals surface area contributed by atoms with Gasteiger partial charge in [0, 0.05) is 12.2 Å². The van der Waals surface area contributed by atoms with Gasteiger partial charge in [-0.25, -0.2) is 0 Å². The predicted octanol–water partition coefficient (Wildman–Crippen LogP) is 2.48. The molecule has 0 spiro atoms. The van der Waals surface area contributed by atoms with Crippen LogP contribution in [0.25, 0.3) is 0 Å². The van der Waals surface area contributed by atoms with Crippen LogP contribution in [0.5, 0.6) is 0 Å². The fourth-order valence-electron chi connectivity index (χ4n) is 2.38. The summed E-state index contributed by atoms with van der Waals surface area (Å²) in [6.07, 6.45) is -0.332. The standard InChI is InChI=1S/C19H22N2O3/c1-13-8-9-16(14(2)12-13)21-19(24)18(23)20-11-10-17(22)15-6-4-3-5-7-15/h3-9,12,17,22H,10-11H2,1-2H3,(H,20,23)(H,21,24). The molecule has 0 aromatic heterocycles. The topological polar surface area (TPSA) is 78.4 Å². The number of aliphatic hydroxyl groups excluding tert-OH is 1. The van der Waals surface area contributed by atoms with Crippen molar-refractivity contribution in [2.75, 3.05) is 11.9 Å². The number of rotatable bonds is 5.